The summed E-state index contributed by atoms with van der Waals surface area (Å²) in [5.41, 5.74) is 6.60. The summed E-state index contributed by atoms with van der Waals surface area (Å²) in [5.74, 6) is 0. The van der Waals surface area contributed by atoms with Crippen LogP contribution in [-0.2, 0) is 6.54 Å². The van der Waals surface area contributed by atoms with Crippen molar-refractivity contribution in [3.63, 3.8) is 0 Å². The quantitative estimate of drug-likeness (QED) is 0.804. The van der Waals surface area contributed by atoms with Crippen LogP contribution in [0, 0.1) is 0 Å². The number of imidazole rings is 1. The molecule has 6 heteroatoms. The van der Waals surface area contributed by atoms with E-state index < -0.39 is 0 Å². The Morgan fingerprint density at radius 3 is 2.92 bits per heavy atom. The number of hydrogen-bond donors (Lipinski definition) is 1. The van der Waals surface area contributed by atoms with Crippen LogP contribution in [0.2, 0.25) is 0 Å². The highest BCUT2D eigenvalue weighted by Gasteiger charge is 1.99. The van der Waals surface area contributed by atoms with Gasteiger partial charge in [0.25, 0.3) is 0 Å². The van der Waals surface area contributed by atoms with Gasteiger partial charge in [-0.3, -0.25) is 4.40 Å². The second kappa shape index (κ2) is 4.67. The van der Waals surface area contributed by atoms with Crippen LogP contribution < -0.4 is 5.73 Å². The zero-order valence-corrected chi connectivity index (χ0v) is 8.59. The van der Waals surface area contributed by atoms with E-state index in [1.807, 2.05) is 10.6 Å². The largest absolute Gasteiger partial charge is 0.325 e. The molecule has 0 saturated carbocycles. The van der Waals surface area contributed by atoms with Gasteiger partial charge in [-0.1, -0.05) is 0 Å². The Balaban J connectivity index is 0.000000605. The van der Waals surface area contributed by atoms with Crippen LogP contribution in [0.25, 0.3) is 4.83 Å². The van der Waals surface area contributed by atoms with Crippen LogP contribution >= 0.6 is 36.2 Å². The van der Waals surface area contributed by atoms with Gasteiger partial charge in [-0.05, 0) is 0 Å². The zero-order valence-electron chi connectivity index (χ0n) is 6.14. The van der Waals surface area contributed by atoms with Crippen molar-refractivity contribution in [2.45, 2.75) is 6.54 Å². The highest BCUT2D eigenvalue weighted by molar-refractivity contribution is 7.15. The zero-order chi connectivity index (χ0) is 6.97. The fraction of sp³-hybridized carbons (Fsp3) is 0.167. The molecule has 2 rings (SSSR count). The number of fused-ring (bicyclic) bond motifs is 1. The van der Waals surface area contributed by atoms with Gasteiger partial charge in [-0.15, -0.1) is 36.2 Å². The molecule has 12 heavy (non-hydrogen) atoms. The summed E-state index contributed by atoms with van der Waals surface area (Å²) in [6.07, 6.45) is 3.62. The van der Waals surface area contributed by atoms with Crippen molar-refractivity contribution in [2.24, 2.45) is 5.73 Å². The summed E-state index contributed by atoms with van der Waals surface area (Å²) in [5, 5.41) is 2.05. The van der Waals surface area contributed by atoms with E-state index in [1.54, 1.807) is 17.7 Å². The Bertz CT molecular complexity index is 343. The minimum atomic E-state index is 0. The van der Waals surface area contributed by atoms with Crippen LogP contribution in [0.5, 0.6) is 0 Å². The number of nitrogens with zero attached hydrogens (tertiary/aromatic N) is 2. The second-order valence-corrected chi connectivity index (χ2v) is 2.92. The molecule has 0 spiro atoms. The number of halogens is 2. The molecule has 0 unspecified atom stereocenters. The van der Waals surface area contributed by atoms with Crippen LogP contribution in [-0.4, -0.2) is 9.38 Å². The van der Waals surface area contributed by atoms with Crippen molar-refractivity contribution in [2.75, 3.05) is 0 Å². The number of aromatic nitrogens is 2. The normalized spacial score (nSPS) is 9.08. The molecule has 2 N–H and O–H groups in total. The molecule has 0 aromatic carbocycles. The molecule has 0 fully saturated rings. The molecule has 2 aromatic heterocycles. The monoisotopic (exact) mass is 225 g/mol. The third-order valence-corrected chi connectivity index (χ3v) is 2.37. The molecule has 0 amide bonds. The average Bonchev–Trinajstić information content (AvgIpc) is 2.44. The van der Waals surface area contributed by atoms with Gasteiger partial charge in [-0.2, -0.15) is 0 Å². The first-order valence-corrected chi connectivity index (χ1v) is 3.88. The Hall–Kier alpha value is -0.290. The molecule has 2 heterocycles. The fourth-order valence-corrected chi connectivity index (χ4v) is 1.78. The summed E-state index contributed by atoms with van der Waals surface area (Å²) in [6, 6.07) is 0. The first-order chi connectivity index (χ1) is 4.92. The number of hydrogen-bond acceptors (Lipinski definition) is 3. The average molecular weight is 226 g/mol. The predicted octanol–water partition coefficient (Wildman–Crippen LogP) is 1.70. The van der Waals surface area contributed by atoms with Gasteiger partial charge in [-0.25, -0.2) is 4.98 Å². The van der Waals surface area contributed by atoms with Gasteiger partial charge in [0.05, 0.1) is 6.20 Å². The number of thiazole rings is 1. The standard InChI is InChI=1S/C6H7N3S.2ClH/c7-1-5-3-10-6-2-8-4-9(5)6;;/h2-4H,1,7H2;2*1H. The predicted molar refractivity (Wildman–Crippen MR) is 55.5 cm³/mol. The topological polar surface area (TPSA) is 43.3 Å². The Labute approximate surface area is 86.4 Å². The highest BCUT2D eigenvalue weighted by Crippen LogP contribution is 2.14. The molecule has 2 aromatic rings. The smallest absolute Gasteiger partial charge is 0.119 e. The van der Waals surface area contributed by atoms with Crippen LogP contribution in [0.3, 0.4) is 0 Å². The summed E-state index contributed by atoms with van der Waals surface area (Å²) < 4.78 is 2.00. The summed E-state index contributed by atoms with van der Waals surface area (Å²) >= 11 is 1.67. The third-order valence-electron chi connectivity index (χ3n) is 1.44. The second-order valence-electron chi connectivity index (χ2n) is 2.03. The van der Waals surface area contributed by atoms with E-state index in [0.29, 0.717) is 6.54 Å². The summed E-state index contributed by atoms with van der Waals surface area (Å²) in [6.45, 7) is 0.580. The lowest BCUT2D eigenvalue weighted by molar-refractivity contribution is 0.957. The van der Waals surface area contributed by atoms with Crippen molar-refractivity contribution < 1.29 is 0 Å². The lowest BCUT2D eigenvalue weighted by Gasteiger charge is -1.89. The van der Waals surface area contributed by atoms with Crippen LogP contribution in [0.15, 0.2) is 17.9 Å². The minimum absolute atomic E-state index is 0. The number of rotatable bonds is 1. The van der Waals surface area contributed by atoms with Gasteiger partial charge in [0.1, 0.15) is 11.2 Å². The van der Waals surface area contributed by atoms with Gasteiger partial charge in [0.2, 0.25) is 0 Å². The molecule has 0 aliphatic carbocycles. The van der Waals surface area contributed by atoms with E-state index in [1.165, 1.54) is 0 Å². The first kappa shape index (κ1) is 11.7. The maximum absolute atomic E-state index is 5.48. The van der Waals surface area contributed by atoms with Gasteiger partial charge in [0.15, 0.2) is 0 Å². The summed E-state index contributed by atoms with van der Waals surface area (Å²) in [7, 11) is 0. The molecule has 0 aliphatic heterocycles. The van der Waals surface area contributed by atoms with Crippen molar-refractivity contribution in [3.05, 3.63) is 23.6 Å². The Morgan fingerprint density at radius 1 is 1.50 bits per heavy atom. The van der Waals surface area contributed by atoms with E-state index in [4.69, 9.17) is 5.73 Å². The molecule has 0 saturated heterocycles. The van der Waals surface area contributed by atoms with Gasteiger partial charge in [0, 0.05) is 17.6 Å². The SMILES string of the molecule is Cl.Cl.NCc1csc2cncn12. The molecule has 0 radical (unpaired) electrons. The molecular weight excluding hydrogens is 217 g/mol. The molecule has 0 bridgehead atoms. The lowest BCUT2D eigenvalue weighted by Crippen LogP contribution is -1.98. The van der Waals surface area contributed by atoms with Crippen molar-refractivity contribution in [3.8, 4) is 0 Å². The fourth-order valence-electron chi connectivity index (χ4n) is 0.917. The van der Waals surface area contributed by atoms with Gasteiger partial charge >= 0.3 is 0 Å². The summed E-state index contributed by atoms with van der Waals surface area (Å²) in [4.78, 5) is 5.14. The maximum Gasteiger partial charge on any atom is 0.119 e. The van der Waals surface area contributed by atoms with Crippen molar-refractivity contribution >= 4 is 41.0 Å². The van der Waals surface area contributed by atoms with E-state index >= 15 is 0 Å². The molecular formula is C6H9Cl2N3S. The first-order valence-electron chi connectivity index (χ1n) is 3.00. The van der Waals surface area contributed by atoms with E-state index in [9.17, 15) is 0 Å². The van der Waals surface area contributed by atoms with Crippen LogP contribution in [0.4, 0.5) is 0 Å². The van der Waals surface area contributed by atoms with Gasteiger partial charge < -0.3 is 5.73 Å². The van der Waals surface area contributed by atoms with E-state index in [0.717, 1.165) is 10.5 Å². The Morgan fingerprint density at radius 2 is 2.25 bits per heavy atom. The minimum Gasteiger partial charge on any atom is -0.325 e. The molecule has 0 aliphatic rings. The molecule has 3 nitrogen and oxygen atoms in total. The molecule has 68 valence electrons. The van der Waals surface area contributed by atoms with E-state index in [2.05, 4.69) is 10.4 Å². The lowest BCUT2D eigenvalue weighted by atomic mass is 10.5. The van der Waals surface area contributed by atoms with Crippen molar-refractivity contribution in [1.82, 2.24) is 9.38 Å². The van der Waals surface area contributed by atoms with Crippen LogP contribution in [0.1, 0.15) is 5.69 Å². The highest BCUT2D eigenvalue weighted by atomic mass is 35.5. The molecule has 0 atom stereocenters. The number of nitrogens with two attached hydrogens (primary N) is 1. The third kappa shape index (κ3) is 1.72. The van der Waals surface area contributed by atoms with Crippen molar-refractivity contribution in [1.29, 1.82) is 0 Å². The maximum atomic E-state index is 5.48. The van der Waals surface area contributed by atoms with E-state index in [-0.39, 0.29) is 24.8 Å². The Kier molecular flexibility index (Phi) is 4.55.